The monoisotopic (exact) mass is 530 g/mol. The molecule has 0 amide bonds. The van der Waals surface area contributed by atoms with E-state index in [0.29, 0.717) is 24.9 Å². The quantitative estimate of drug-likeness (QED) is 0.460. The highest BCUT2D eigenvalue weighted by Crippen LogP contribution is 2.47. The number of nitrogens with one attached hydrogen (secondary N) is 2. The van der Waals surface area contributed by atoms with Gasteiger partial charge in [-0.3, -0.25) is 4.79 Å². The predicted molar refractivity (Wildman–Crippen MR) is 154 cm³/mol. The largest absolute Gasteiger partial charge is 0.412 e. The van der Waals surface area contributed by atoms with Gasteiger partial charge in [0, 0.05) is 31.3 Å². The summed E-state index contributed by atoms with van der Waals surface area (Å²) in [5, 5.41) is 6.37. The summed E-state index contributed by atoms with van der Waals surface area (Å²) in [4.78, 5) is 14.7. The maximum Gasteiger partial charge on any atom is 0.169 e. The fraction of sp³-hybridized carbons (Fsp3) is 0.464. The van der Waals surface area contributed by atoms with E-state index in [-0.39, 0.29) is 18.6 Å². The molecule has 2 unspecified atom stereocenters. The number of morpholine rings is 1. The number of carbonyl (C=O) groups is 1. The minimum atomic E-state index is -0.224. The number of nitrogens with zero attached hydrogens (tertiary/aromatic N) is 1. The van der Waals surface area contributed by atoms with Crippen molar-refractivity contribution in [2.75, 3.05) is 30.3 Å². The summed E-state index contributed by atoms with van der Waals surface area (Å²) >= 11 is 1.84. The van der Waals surface area contributed by atoms with Crippen LogP contribution in [0.2, 0.25) is 0 Å². The molecule has 2 atom stereocenters. The number of aldehydes is 1. The van der Waals surface area contributed by atoms with E-state index >= 15 is 0 Å². The SMILES string of the molecule is CCSC1=CNC(CN)C=C1.O.O.O=CC1=CC=C2C(N1)OCCN2c1cc(C2CC2)cc(C2CC2)c1.[HH]. The second kappa shape index (κ2) is 13.3. The molecule has 204 valence electrons. The third kappa shape index (κ3) is 7.27. The van der Waals surface area contributed by atoms with Crippen LogP contribution < -0.4 is 21.3 Å². The average Bonchev–Trinajstić information content (AvgIpc) is 3.82. The Morgan fingerprint density at radius 2 is 1.84 bits per heavy atom. The van der Waals surface area contributed by atoms with Gasteiger partial charge in [0.1, 0.15) is 0 Å². The summed E-state index contributed by atoms with van der Waals surface area (Å²) in [6, 6.07) is 7.50. The Balaban J connectivity index is 0.000000313. The summed E-state index contributed by atoms with van der Waals surface area (Å²) in [7, 11) is 0. The van der Waals surface area contributed by atoms with E-state index in [1.165, 1.54) is 47.4 Å². The molecule has 3 fully saturated rings. The van der Waals surface area contributed by atoms with Gasteiger partial charge in [-0.25, -0.2) is 0 Å². The van der Waals surface area contributed by atoms with Crippen LogP contribution in [0.4, 0.5) is 5.69 Å². The lowest BCUT2D eigenvalue weighted by Crippen LogP contribution is -2.48. The lowest BCUT2D eigenvalue weighted by atomic mass is 10.0. The molecule has 9 heteroatoms. The number of thioether (sulfide) groups is 1. The number of nitrogens with two attached hydrogens (primary N) is 1. The molecule has 1 aromatic rings. The fourth-order valence-electron chi connectivity index (χ4n) is 4.66. The molecule has 2 aliphatic carbocycles. The van der Waals surface area contributed by atoms with Crippen LogP contribution in [-0.4, -0.2) is 55.0 Å². The van der Waals surface area contributed by atoms with E-state index < -0.39 is 0 Å². The van der Waals surface area contributed by atoms with Gasteiger partial charge in [-0.15, -0.1) is 11.8 Å². The van der Waals surface area contributed by atoms with Crippen molar-refractivity contribution in [1.82, 2.24) is 10.6 Å². The van der Waals surface area contributed by atoms with Crippen LogP contribution in [0.25, 0.3) is 0 Å². The van der Waals surface area contributed by atoms with Gasteiger partial charge in [-0.2, -0.15) is 0 Å². The first-order chi connectivity index (χ1) is 17.2. The zero-order valence-corrected chi connectivity index (χ0v) is 22.2. The molecule has 2 saturated carbocycles. The van der Waals surface area contributed by atoms with Crippen molar-refractivity contribution in [2.45, 2.75) is 56.7 Å². The van der Waals surface area contributed by atoms with Crippen LogP contribution in [0.15, 0.2) is 65.0 Å². The number of allylic oxidation sites excluding steroid dienone is 4. The minimum Gasteiger partial charge on any atom is -0.412 e. The number of rotatable bonds is 7. The summed E-state index contributed by atoms with van der Waals surface area (Å²) in [5.74, 6) is 2.64. The topological polar surface area (TPSA) is 143 Å². The minimum absolute atomic E-state index is 0. The van der Waals surface area contributed by atoms with Crippen molar-refractivity contribution in [2.24, 2.45) is 5.73 Å². The maximum absolute atomic E-state index is 11.0. The lowest BCUT2D eigenvalue weighted by molar-refractivity contribution is -0.105. The van der Waals surface area contributed by atoms with Crippen LogP contribution in [0.1, 0.15) is 57.0 Å². The molecule has 5 aliphatic rings. The average molecular weight is 531 g/mol. The summed E-state index contributed by atoms with van der Waals surface area (Å²) < 4.78 is 5.82. The second-order valence-corrected chi connectivity index (χ2v) is 11.0. The van der Waals surface area contributed by atoms with Gasteiger partial charge in [-0.05, 0) is 84.8 Å². The Morgan fingerprint density at radius 3 is 2.38 bits per heavy atom. The van der Waals surface area contributed by atoms with Gasteiger partial charge in [0.25, 0.3) is 0 Å². The van der Waals surface area contributed by atoms with Gasteiger partial charge >= 0.3 is 0 Å². The van der Waals surface area contributed by atoms with Crippen molar-refractivity contribution >= 4 is 23.7 Å². The zero-order chi connectivity index (χ0) is 24.2. The molecular weight excluding hydrogens is 488 g/mol. The molecule has 3 aliphatic heterocycles. The molecule has 0 radical (unpaired) electrons. The first kappa shape index (κ1) is 29.0. The van der Waals surface area contributed by atoms with E-state index in [0.717, 1.165) is 36.1 Å². The van der Waals surface area contributed by atoms with E-state index in [9.17, 15) is 4.79 Å². The van der Waals surface area contributed by atoms with Crippen LogP contribution in [-0.2, 0) is 9.53 Å². The van der Waals surface area contributed by atoms with Crippen molar-refractivity contribution < 1.29 is 21.9 Å². The summed E-state index contributed by atoms with van der Waals surface area (Å²) in [5.41, 5.74) is 11.4. The molecule has 8 nitrogen and oxygen atoms in total. The van der Waals surface area contributed by atoms with Crippen LogP contribution >= 0.6 is 11.8 Å². The predicted octanol–water partition coefficient (Wildman–Crippen LogP) is 2.84. The molecule has 0 bridgehead atoms. The van der Waals surface area contributed by atoms with Crippen LogP contribution in [0.3, 0.4) is 0 Å². The Hall–Kier alpha value is -2.56. The Bertz CT molecular complexity index is 1040. The van der Waals surface area contributed by atoms with E-state index in [1.54, 1.807) is 0 Å². The highest BCUT2D eigenvalue weighted by atomic mass is 32.2. The zero-order valence-electron chi connectivity index (χ0n) is 21.4. The molecule has 3 heterocycles. The van der Waals surface area contributed by atoms with Gasteiger partial charge in [0.2, 0.25) is 0 Å². The van der Waals surface area contributed by atoms with Crippen LogP contribution in [0, 0.1) is 0 Å². The van der Waals surface area contributed by atoms with Crippen LogP contribution in [0.5, 0.6) is 0 Å². The van der Waals surface area contributed by atoms with Gasteiger partial charge < -0.3 is 37.0 Å². The second-order valence-electron chi connectivity index (χ2n) is 9.63. The third-order valence-electron chi connectivity index (χ3n) is 6.91. The van der Waals surface area contributed by atoms with E-state index in [4.69, 9.17) is 10.5 Å². The highest BCUT2D eigenvalue weighted by molar-refractivity contribution is 8.03. The first-order valence-corrected chi connectivity index (χ1v) is 13.8. The highest BCUT2D eigenvalue weighted by Gasteiger charge is 2.32. The molecule has 8 N–H and O–H groups in total. The summed E-state index contributed by atoms with van der Waals surface area (Å²) in [6.07, 6.45) is 16.1. The van der Waals surface area contributed by atoms with E-state index in [2.05, 4.69) is 52.8 Å². The van der Waals surface area contributed by atoms with Gasteiger partial charge in [0.15, 0.2) is 12.5 Å². The number of carbonyl (C=O) groups excluding carboxylic acids is 1. The van der Waals surface area contributed by atoms with Crippen molar-refractivity contribution in [1.29, 1.82) is 0 Å². The Morgan fingerprint density at radius 1 is 1.14 bits per heavy atom. The number of hydrogen-bond acceptors (Lipinski definition) is 7. The molecule has 6 rings (SSSR count). The van der Waals surface area contributed by atoms with Crippen molar-refractivity contribution in [3.05, 3.63) is 76.1 Å². The molecule has 37 heavy (non-hydrogen) atoms. The lowest BCUT2D eigenvalue weighted by Gasteiger charge is -2.39. The number of fused-ring (bicyclic) bond motifs is 1. The first-order valence-electron chi connectivity index (χ1n) is 12.8. The Labute approximate surface area is 225 Å². The van der Waals surface area contributed by atoms with Gasteiger partial charge in [-0.1, -0.05) is 19.1 Å². The third-order valence-corrected chi connectivity index (χ3v) is 7.78. The van der Waals surface area contributed by atoms with Crippen molar-refractivity contribution in [3.63, 3.8) is 0 Å². The number of hydrogen-bond donors (Lipinski definition) is 3. The molecule has 0 aromatic heterocycles. The van der Waals surface area contributed by atoms with Gasteiger partial charge in [0.05, 0.1) is 24.0 Å². The summed E-state index contributed by atoms with van der Waals surface area (Å²) in [6.45, 7) is 4.32. The molecule has 1 aromatic carbocycles. The molecule has 1 saturated heterocycles. The fourth-order valence-corrected chi connectivity index (χ4v) is 5.32. The smallest absolute Gasteiger partial charge is 0.169 e. The standard InChI is InChI=1S/C20H22N2O2.C8H14N2S.2H2O.H2/c23-12-17-5-6-19-20(21-17)24-8-7-22(19)18-10-15(13-1-2-13)9-16(11-18)14-3-4-14;1-2-11-8-4-3-7(5-9)10-6-8;;;/h5-6,9-14,20-21H,1-4,7-8H2;3-4,6-7,10H,2,5,9H2,1H3;2*1H2;1H. The number of benzene rings is 1. The Kier molecular flexibility index (Phi) is 10.4. The maximum atomic E-state index is 11.0. The molecule has 0 spiro atoms. The normalized spacial score (nSPS) is 23.7. The van der Waals surface area contributed by atoms with Crippen molar-refractivity contribution in [3.8, 4) is 0 Å². The number of ether oxygens (including phenoxy) is 1. The number of anilines is 1. The molecular formula is C28H42N4O4S. The van der Waals surface area contributed by atoms with E-state index in [1.807, 2.05) is 30.1 Å². The number of dihydropyridines is 2.